The summed E-state index contributed by atoms with van der Waals surface area (Å²) < 4.78 is 5.26. The molecule has 3 rings (SSSR count). The standard InChI is InChI=1S/C21H25NO2/c1-15-14-19(24-3)12-13-20(15)16-8-10-17(11-9-16)21(23)22(2)18-6-4-5-7-18/h8-14,18H,4-7H2,1-3H3. The van der Waals surface area contributed by atoms with Crippen molar-refractivity contribution in [2.24, 2.45) is 0 Å². The molecule has 0 aliphatic heterocycles. The quantitative estimate of drug-likeness (QED) is 0.817. The summed E-state index contributed by atoms with van der Waals surface area (Å²) >= 11 is 0. The number of carbonyl (C=O) groups excluding carboxylic acids is 1. The smallest absolute Gasteiger partial charge is 0.253 e. The molecule has 0 spiro atoms. The van der Waals surface area contributed by atoms with E-state index < -0.39 is 0 Å². The van der Waals surface area contributed by atoms with E-state index in [0.29, 0.717) is 6.04 Å². The van der Waals surface area contributed by atoms with Crippen LogP contribution >= 0.6 is 0 Å². The van der Waals surface area contributed by atoms with Crippen molar-refractivity contribution in [1.82, 2.24) is 4.90 Å². The van der Waals surface area contributed by atoms with Crippen LogP contribution in [-0.4, -0.2) is 31.0 Å². The summed E-state index contributed by atoms with van der Waals surface area (Å²) in [5.74, 6) is 0.987. The zero-order chi connectivity index (χ0) is 17.1. The lowest BCUT2D eigenvalue weighted by Crippen LogP contribution is -2.35. The number of ether oxygens (including phenoxy) is 1. The van der Waals surface area contributed by atoms with Crippen molar-refractivity contribution in [3.8, 4) is 16.9 Å². The van der Waals surface area contributed by atoms with E-state index in [1.54, 1.807) is 7.11 Å². The fraction of sp³-hybridized carbons (Fsp3) is 0.381. The van der Waals surface area contributed by atoms with Gasteiger partial charge in [-0.15, -0.1) is 0 Å². The van der Waals surface area contributed by atoms with Crippen LogP contribution in [0.1, 0.15) is 41.6 Å². The van der Waals surface area contributed by atoms with Gasteiger partial charge < -0.3 is 9.64 Å². The lowest BCUT2D eigenvalue weighted by atomic mass is 9.99. The maximum Gasteiger partial charge on any atom is 0.253 e. The molecule has 3 heteroatoms. The van der Waals surface area contributed by atoms with E-state index in [0.717, 1.165) is 35.3 Å². The summed E-state index contributed by atoms with van der Waals surface area (Å²) in [6, 6.07) is 14.4. The fourth-order valence-electron chi connectivity index (χ4n) is 3.54. The third-order valence-corrected chi connectivity index (χ3v) is 5.07. The maximum atomic E-state index is 12.6. The van der Waals surface area contributed by atoms with Gasteiger partial charge in [0.2, 0.25) is 0 Å². The highest BCUT2D eigenvalue weighted by atomic mass is 16.5. The Kier molecular flexibility index (Phi) is 4.89. The van der Waals surface area contributed by atoms with Gasteiger partial charge in [0.1, 0.15) is 5.75 Å². The van der Waals surface area contributed by atoms with Gasteiger partial charge in [0.25, 0.3) is 5.91 Å². The zero-order valence-corrected chi connectivity index (χ0v) is 14.7. The van der Waals surface area contributed by atoms with Crippen molar-refractivity contribution < 1.29 is 9.53 Å². The monoisotopic (exact) mass is 323 g/mol. The predicted octanol–water partition coefficient (Wildman–Crippen LogP) is 4.69. The molecule has 0 unspecified atom stereocenters. The number of methoxy groups -OCH3 is 1. The van der Waals surface area contributed by atoms with E-state index in [1.165, 1.54) is 18.4 Å². The van der Waals surface area contributed by atoms with Crippen LogP contribution in [0.4, 0.5) is 0 Å². The average molecular weight is 323 g/mol. The van der Waals surface area contributed by atoms with Crippen LogP contribution < -0.4 is 4.74 Å². The Morgan fingerprint density at radius 2 is 1.75 bits per heavy atom. The topological polar surface area (TPSA) is 29.5 Å². The van der Waals surface area contributed by atoms with E-state index in [2.05, 4.69) is 13.0 Å². The van der Waals surface area contributed by atoms with Crippen LogP contribution in [0.3, 0.4) is 0 Å². The fourth-order valence-corrected chi connectivity index (χ4v) is 3.54. The second-order valence-electron chi connectivity index (χ2n) is 6.61. The summed E-state index contributed by atoms with van der Waals surface area (Å²) in [5.41, 5.74) is 4.21. The molecule has 24 heavy (non-hydrogen) atoms. The van der Waals surface area contributed by atoms with Crippen molar-refractivity contribution in [3.63, 3.8) is 0 Å². The number of hydrogen-bond acceptors (Lipinski definition) is 2. The number of nitrogens with zero attached hydrogens (tertiary/aromatic N) is 1. The summed E-state index contributed by atoms with van der Waals surface area (Å²) in [7, 11) is 3.61. The van der Waals surface area contributed by atoms with Crippen LogP contribution in [0.15, 0.2) is 42.5 Å². The van der Waals surface area contributed by atoms with Gasteiger partial charge in [-0.2, -0.15) is 0 Å². The van der Waals surface area contributed by atoms with E-state index in [4.69, 9.17) is 4.74 Å². The van der Waals surface area contributed by atoms with Gasteiger partial charge in [-0.05, 0) is 60.7 Å². The molecule has 0 radical (unpaired) electrons. The summed E-state index contributed by atoms with van der Waals surface area (Å²) in [4.78, 5) is 14.6. The zero-order valence-electron chi connectivity index (χ0n) is 14.7. The molecule has 126 valence electrons. The lowest BCUT2D eigenvalue weighted by Gasteiger charge is -2.24. The van der Waals surface area contributed by atoms with Crippen molar-refractivity contribution in [1.29, 1.82) is 0 Å². The molecule has 1 saturated carbocycles. The summed E-state index contributed by atoms with van der Waals surface area (Å²) in [6.07, 6.45) is 4.73. The van der Waals surface area contributed by atoms with Gasteiger partial charge in [-0.25, -0.2) is 0 Å². The number of benzene rings is 2. The number of aryl methyl sites for hydroxylation is 1. The first-order chi connectivity index (χ1) is 11.6. The van der Waals surface area contributed by atoms with Crippen molar-refractivity contribution in [2.45, 2.75) is 38.6 Å². The van der Waals surface area contributed by atoms with Crippen LogP contribution in [0.5, 0.6) is 5.75 Å². The molecule has 0 atom stereocenters. The van der Waals surface area contributed by atoms with Gasteiger partial charge in [0, 0.05) is 18.7 Å². The molecular weight excluding hydrogens is 298 g/mol. The van der Waals surface area contributed by atoms with Crippen molar-refractivity contribution >= 4 is 5.91 Å². The van der Waals surface area contributed by atoms with Crippen molar-refractivity contribution in [2.75, 3.05) is 14.2 Å². The van der Waals surface area contributed by atoms with E-state index in [9.17, 15) is 4.79 Å². The molecule has 1 aliphatic rings. The molecular formula is C21H25NO2. The molecule has 1 aliphatic carbocycles. The van der Waals surface area contributed by atoms with Gasteiger partial charge in [0.15, 0.2) is 0 Å². The third kappa shape index (κ3) is 3.30. The largest absolute Gasteiger partial charge is 0.497 e. The van der Waals surface area contributed by atoms with Crippen LogP contribution in [0.2, 0.25) is 0 Å². The molecule has 0 bridgehead atoms. The molecule has 1 fully saturated rings. The molecule has 1 amide bonds. The Balaban J connectivity index is 1.79. The number of amides is 1. The Morgan fingerprint density at radius 3 is 2.33 bits per heavy atom. The first kappa shape index (κ1) is 16.6. The minimum atomic E-state index is 0.125. The summed E-state index contributed by atoms with van der Waals surface area (Å²) in [6.45, 7) is 2.07. The molecule has 0 aromatic heterocycles. The average Bonchev–Trinajstić information content (AvgIpc) is 3.15. The molecule has 2 aromatic rings. The van der Waals surface area contributed by atoms with Crippen LogP contribution in [0.25, 0.3) is 11.1 Å². The number of rotatable bonds is 4. The highest BCUT2D eigenvalue weighted by molar-refractivity contribution is 5.94. The third-order valence-electron chi connectivity index (χ3n) is 5.07. The SMILES string of the molecule is COc1ccc(-c2ccc(C(=O)N(C)C3CCCC3)cc2)c(C)c1. The maximum absolute atomic E-state index is 12.6. The number of hydrogen-bond donors (Lipinski definition) is 0. The van der Waals surface area contributed by atoms with Gasteiger partial charge in [-0.1, -0.05) is 31.0 Å². The van der Waals surface area contributed by atoms with E-state index in [1.807, 2.05) is 48.3 Å². The minimum absolute atomic E-state index is 0.125. The first-order valence-electron chi connectivity index (χ1n) is 8.62. The van der Waals surface area contributed by atoms with Crippen molar-refractivity contribution in [3.05, 3.63) is 53.6 Å². The highest BCUT2D eigenvalue weighted by Crippen LogP contribution is 2.28. The molecule has 3 nitrogen and oxygen atoms in total. The second-order valence-corrected chi connectivity index (χ2v) is 6.61. The van der Waals surface area contributed by atoms with Gasteiger partial charge in [-0.3, -0.25) is 4.79 Å². The normalized spacial score (nSPS) is 14.6. The molecule has 2 aromatic carbocycles. The Hall–Kier alpha value is -2.29. The minimum Gasteiger partial charge on any atom is -0.497 e. The van der Waals surface area contributed by atoms with E-state index in [-0.39, 0.29) is 5.91 Å². The predicted molar refractivity (Wildman–Crippen MR) is 97.5 cm³/mol. The Bertz CT molecular complexity index is 715. The van der Waals surface area contributed by atoms with E-state index >= 15 is 0 Å². The summed E-state index contributed by atoms with van der Waals surface area (Å²) in [5, 5.41) is 0. The first-order valence-corrected chi connectivity index (χ1v) is 8.62. The van der Waals surface area contributed by atoms with Crippen LogP contribution in [-0.2, 0) is 0 Å². The molecule has 0 saturated heterocycles. The lowest BCUT2D eigenvalue weighted by molar-refractivity contribution is 0.0735. The van der Waals surface area contributed by atoms with Crippen LogP contribution in [0, 0.1) is 6.92 Å². The number of carbonyl (C=O) groups is 1. The highest BCUT2D eigenvalue weighted by Gasteiger charge is 2.24. The Labute approximate surface area is 144 Å². The Morgan fingerprint density at radius 1 is 1.08 bits per heavy atom. The second kappa shape index (κ2) is 7.08. The van der Waals surface area contributed by atoms with Gasteiger partial charge >= 0.3 is 0 Å². The van der Waals surface area contributed by atoms with Gasteiger partial charge in [0.05, 0.1) is 7.11 Å². The molecule has 0 heterocycles. The molecule has 0 N–H and O–H groups in total.